The van der Waals surface area contributed by atoms with Crippen LogP contribution in [0, 0.1) is 0 Å². The van der Waals surface area contributed by atoms with Crippen LogP contribution in [0.4, 0.5) is 5.82 Å². The van der Waals surface area contributed by atoms with E-state index in [4.69, 9.17) is 5.10 Å². The van der Waals surface area contributed by atoms with Crippen LogP contribution in [0.2, 0.25) is 0 Å². The van der Waals surface area contributed by atoms with Gasteiger partial charge in [0.25, 0.3) is 0 Å². The van der Waals surface area contributed by atoms with Crippen LogP contribution in [0.5, 0.6) is 0 Å². The molecule has 5 nitrogen and oxygen atoms in total. The van der Waals surface area contributed by atoms with Crippen molar-refractivity contribution in [1.82, 2.24) is 19.6 Å². The van der Waals surface area contributed by atoms with Gasteiger partial charge >= 0.3 is 0 Å². The molecule has 2 heterocycles. The Balaban J connectivity index is 1.69. The van der Waals surface area contributed by atoms with Gasteiger partial charge in [-0.1, -0.05) is 70.2 Å². The first-order chi connectivity index (χ1) is 17.4. The van der Waals surface area contributed by atoms with Crippen LogP contribution >= 0.6 is 0 Å². The first-order valence-electron chi connectivity index (χ1n) is 13.9. The number of rotatable bonds is 10. The maximum absolute atomic E-state index is 5.20. The summed E-state index contributed by atoms with van der Waals surface area (Å²) in [7, 11) is 0. The normalized spacial score (nSPS) is 15.0. The summed E-state index contributed by atoms with van der Waals surface area (Å²) in [5.41, 5.74) is 6.53. The summed E-state index contributed by atoms with van der Waals surface area (Å²) in [5, 5.41) is 5.20. The molecule has 1 fully saturated rings. The highest BCUT2D eigenvalue weighted by molar-refractivity contribution is 5.56. The van der Waals surface area contributed by atoms with Crippen molar-refractivity contribution < 1.29 is 0 Å². The number of piperazine rings is 1. The third-order valence-corrected chi connectivity index (χ3v) is 7.62. The van der Waals surface area contributed by atoms with Gasteiger partial charge in [-0.3, -0.25) is 4.90 Å². The molecule has 1 aliphatic heterocycles. The molecule has 0 bridgehead atoms. The molecule has 5 heteroatoms. The zero-order valence-corrected chi connectivity index (χ0v) is 23.2. The lowest BCUT2D eigenvalue weighted by molar-refractivity contribution is 0.203. The van der Waals surface area contributed by atoms with Gasteiger partial charge in [-0.15, -0.1) is 0 Å². The predicted octanol–water partition coefficient (Wildman–Crippen LogP) is 6.11. The monoisotopic (exact) mass is 487 g/mol. The van der Waals surface area contributed by atoms with Crippen LogP contribution in [0.1, 0.15) is 69.8 Å². The van der Waals surface area contributed by atoms with Crippen molar-refractivity contribution in [3.8, 4) is 5.69 Å². The van der Waals surface area contributed by atoms with E-state index in [1.54, 1.807) is 0 Å². The van der Waals surface area contributed by atoms with Gasteiger partial charge in [-0.05, 0) is 56.0 Å². The number of hydrogen-bond donors (Lipinski definition) is 0. The molecule has 1 aromatic heterocycles. The van der Waals surface area contributed by atoms with E-state index in [9.17, 15) is 0 Å². The minimum absolute atomic E-state index is 0.435. The van der Waals surface area contributed by atoms with Crippen molar-refractivity contribution in [3.63, 3.8) is 0 Å². The number of anilines is 1. The minimum Gasteiger partial charge on any atom is -0.354 e. The Kier molecular flexibility index (Phi) is 8.86. The second-order valence-corrected chi connectivity index (χ2v) is 10.7. The van der Waals surface area contributed by atoms with Gasteiger partial charge in [0.05, 0.1) is 11.4 Å². The fraction of sp³-hybridized carbons (Fsp3) is 0.516. The van der Waals surface area contributed by atoms with Crippen LogP contribution in [0.3, 0.4) is 0 Å². The molecular weight excluding hydrogens is 442 g/mol. The Hall–Kier alpha value is -2.63. The average Bonchev–Trinajstić information content (AvgIpc) is 3.27. The van der Waals surface area contributed by atoms with E-state index in [0.717, 1.165) is 57.9 Å². The summed E-state index contributed by atoms with van der Waals surface area (Å²) in [6.07, 6.45) is 0.937. The van der Waals surface area contributed by atoms with Crippen molar-refractivity contribution in [2.75, 3.05) is 37.6 Å². The topological polar surface area (TPSA) is 27.5 Å². The van der Waals surface area contributed by atoms with Crippen molar-refractivity contribution in [2.24, 2.45) is 0 Å². The van der Waals surface area contributed by atoms with E-state index in [2.05, 4.69) is 116 Å². The fourth-order valence-electron chi connectivity index (χ4n) is 5.15. The number of benzene rings is 2. The zero-order chi connectivity index (χ0) is 25.7. The Bertz CT molecular complexity index is 1080. The Morgan fingerprint density at radius 2 is 1.50 bits per heavy atom. The highest BCUT2D eigenvalue weighted by Crippen LogP contribution is 2.31. The molecule has 4 rings (SSSR count). The Morgan fingerprint density at radius 3 is 2.06 bits per heavy atom. The number of para-hydroxylation sites is 1. The van der Waals surface area contributed by atoms with Gasteiger partial charge in [0.2, 0.25) is 0 Å². The molecule has 36 heavy (non-hydrogen) atoms. The lowest BCUT2D eigenvalue weighted by Gasteiger charge is -2.37. The zero-order valence-electron chi connectivity index (χ0n) is 23.2. The van der Waals surface area contributed by atoms with E-state index in [1.165, 1.54) is 28.2 Å². The lowest BCUT2D eigenvalue weighted by Crippen LogP contribution is -2.47. The summed E-state index contributed by atoms with van der Waals surface area (Å²) in [6, 6.07) is 20.3. The molecular formula is C31H45N5. The lowest BCUT2D eigenvalue weighted by atomic mass is 10.0. The van der Waals surface area contributed by atoms with Crippen molar-refractivity contribution in [1.29, 1.82) is 0 Å². The number of likely N-dealkylation sites (N-methyl/N-ethyl adjacent to an activating group) is 1. The fourth-order valence-corrected chi connectivity index (χ4v) is 5.15. The third-order valence-electron chi connectivity index (χ3n) is 7.62. The van der Waals surface area contributed by atoms with E-state index in [0.29, 0.717) is 12.0 Å². The molecule has 2 aromatic carbocycles. The van der Waals surface area contributed by atoms with E-state index < -0.39 is 0 Å². The quantitative estimate of drug-likeness (QED) is 0.345. The van der Waals surface area contributed by atoms with Crippen LogP contribution in [-0.4, -0.2) is 58.3 Å². The minimum atomic E-state index is 0.435. The highest BCUT2D eigenvalue weighted by atomic mass is 15.4. The SMILES string of the molecule is CCc1nn(-c2ccccc2)c(N2CCN(CC)CC2)c1CN(Cc1ccc(C(C)C)cc1)C(C)C. The molecule has 0 N–H and O–H groups in total. The molecule has 0 aliphatic carbocycles. The molecule has 0 atom stereocenters. The van der Waals surface area contributed by atoms with Gasteiger partial charge in [-0.2, -0.15) is 5.10 Å². The van der Waals surface area contributed by atoms with Crippen LogP contribution in [0.15, 0.2) is 54.6 Å². The second kappa shape index (κ2) is 12.1. The van der Waals surface area contributed by atoms with E-state index >= 15 is 0 Å². The van der Waals surface area contributed by atoms with Crippen molar-refractivity contribution >= 4 is 5.82 Å². The number of aromatic nitrogens is 2. The number of hydrogen-bond acceptors (Lipinski definition) is 4. The van der Waals surface area contributed by atoms with Gasteiger partial charge in [-0.25, -0.2) is 4.68 Å². The van der Waals surface area contributed by atoms with E-state index in [1.807, 2.05) is 0 Å². The highest BCUT2D eigenvalue weighted by Gasteiger charge is 2.27. The first-order valence-corrected chi connectivity index (χ1v) is 13.9. The molecule has 0 amide bonds. The van der Waals surface area contributed by atoms with Gasteiger partial charge in [0.15, 0.2) is 0 Å². The summed E-state index contributed by atoms with van der Waals surface area (Å²) < 4.78 is 2.21. The maximum atomic E-state index is 5.20. The molecule has 0 radical (unpaired) electrons. The Labute approximate surface area is 218 Å². The first kappa shape index (κ1) is 26.4. The molecule has 0 saturated carbocycles. The summed E-state index contributed by atoms with van der Waals surface area (Å²) in [4.78, 5) is 7.72. The van der Waals surface area contributed by atoms with Crippen LogP contribution in [-0.2, 0) is 19.5 Å². The molecule has 0 unspecified atom stereocenters. The summed E-state index contributed by atoms with van der Waals surface area (Å²) in [5.74, 6) is 1.85. The third kappa shape index (κ3) is 6.01. The molecule has 1 saturated heterocycles. The molecule has 1 aliphatic rings. The van der Waals surface area contributed by atoms with E-state index in [-0.39, 0.29) is 0 Å². The van der Waals surface area contributed by atoms with Gasteiger partial charge in [0.1, 0.15) is 5.82 Å². The maximum Gasteiger partial charge on any atom is 0.137 e. The standard InChI is InChI=1S/C31H45N5/c1-7-30-29(23-35(25(5)6)22-26-14-16-27(17-15-26)24(3)4)31(34-20-18-33(8-2)19-21-34)36(32-30)28-12-10-9-11-13-28/h9-17,24-25H,7-8,18-23H2,1-6H3. The van der Waals surface area contributed by atoms with Crippen molar-refractivity contribution in [2.45, 2.75) is 73.0 Å². The largest absolute Gasteiger partial charge is 0.354 e. The molecule has 194 valence electrons. The van der Waals surface area contributed by atoms with Gasteiger partial charge in [0, 0.05) is 50.9 Å². The summed E-state index contributed by atoms with van der Waals surface area (Å²) in [6.45, 7) is 20.9. The number of nitrogens with zero attached hydrogens (tertiary/aromatic N) is 5. The van der Waals surface area contributed by atoms with Crippen molar-refractivity contribution in [3.05, 3.63) is 77.0 Å². The predicted molar refractivity (Wildman–Crippen MR) is 152 cm³/mol. The van der Waals surface area contributed by atoms with Gasteiger partial charge < -0.3 is 9.80 Å². The Morgan fingerprint density at radius 1 is 0.833 bits per heavy atom. The average molecular weight is 488 g/mol. The molecule has 3 aromatic rings. The van der Waals surface area contributed by atoms with Crippen LogP contribution < -0.4 is 4.90 Å². The second-order valence-electron chi connectivity index (χ2n) is 10.7. The summed E-state index contributed by atoms with van der Waals surface area (Å²) >= 11 is 0. The van der Waals surface area contributed by atoms with Crippen LogP contribution in [0.25, 0.3) is 5.69 Å². The molecule has 0 spiro atoms. The number of aryl methyl sites for hydroxylation is 1. The smallest absolute Gasteiger partial charge is 0.137 e.